The van der Waals surface area contributed by atoms with E-state index in [-0.39, 0.29) is 30.9 Å². The van der Waals surface area contributed by atoms with Crippen LogP contribution in [0.5, 0.6) is 5.75 Å². The van der Waals surface area contributed by atoms with Crippen LogP contribution in [0.25, 0.3) is 0 Å². The number of Topliss-reactive ketones (excluding diaryl/α,β-unsaturated/α-hetero) is 1. The van der Waals surface area contributed by atoms with Crippen LogP contribution < -0.4 is 9.64 Å². The van der Waals surface area contributed by atoms with Gasteiger partial charge in [-0.25, -0.2) is 4.79 Å². The second-order valence-electron chi connectivity index (χ2n) is 8.59. The van der Waals surface area contributed by atoms with Gasteiger partial charge in [0.25, 0.3) is 0 Å². The van der Waals surface area contributed by atoms with Gasteiger partial charge in [0.15, 0.2) is 5.78 Å². The molecule has 8 nitrogen and oxygen atoms in total. The SMILES string of the molecule is CN(C)c1cccc(COC(=O)N2CCN(CCC(=O)c3ccc4c(c3)OC(=O)C4)CC2)c1. The minimum Gasteiger partial charge on any atom is -0.445 e. The summed E-state index contributed by atoms with van der Waals surface area (Å²) in [5.41, 5.74) is 3.40. The molecule has 0 aliphatic carbocycles. The first-order valence-corrected chi connectivity index (χ1v) is 11.2. The highest BCUT2D eigenvalue weighted by atomic mass is 16.6. The van der Waals surface area contributed by atoms with E-state index in [1.165, 1.54) is 0 Å². The van der Waals surface area contributed by atoms with E-state index in [1.807, 2.05) is 43.3 Å². The highest BCUT2D eigenvalue weighted by molar-refractivity contribution is 5.97. The molecule has 0 atom stereocenters. The number of hydrogen-bond donors (Lipinski definition) is 0. The van der Waals surface area contributed by atoms with Gasteiger partial charge < -0.3 is 19.3 Å². The summed E-state index contributed by atoms with van der Waals surface area (Å²) < 4.78 is 10.6. The number of amides is 1. The Labute approximate surface area is 193 Å². The van der Waals surface area contributed by atoms with Crippen molar-refractivity contribution >= 4 is 23.5 Å². The van der Waals surface area contributed by atoms with E-state index < -0.39 is 0 Å². The average Bonchev–Trinajstić information content (AvgIpc) is 3.20. The summed E-state index contributed by atoms with van der Waals surface area (Å²) in [6.45, 7) is 3.39. The van der Waals surface area contributed by atoms with E-state index >= 15 is 0 Å². The van der Waals surface area contributed by atoms with E-state index in [1.54, 1.807) is 23.1 Å². The van der Waals surface area contributed by atoms with Crippen molar-refractivity contribution in [1.82, 2.24) is 9.80 Å². The molecule has 0 unspecified atom stereocenters. The Morgan fingerprint density at radius 2 is 1.85 bits per heavy atom. The maximum Gasteiger partial charge on any atom is 0.410 e. The maximum absolute atomic E-state index is 12.6. The zero-order chi connectivity index (χ0) is 23.4. The van der Waals surface area contributed by atoms with Crippen LogP contribution in [0, 0.1) is 0 Å². The van der Waals surface area contributed by atoms with Gasteiger partial charge in [-0.2, -0.15) is 0 Å². The molecule has 2 aliphatic heterocycles. The molecular formula is C25H29N3O5. The van der Waals surface area contributed by atoms with E-state index in [0.29, 0.717) is 50.5 Å². The molecule has 0 radical (unpaired) electrons. The van der Waals surface area contributed by atoms with Crippen LogP contribution in [-0.4, -0.2) is 74.5 Å². The summed E-state index contributed by atoms with van der Waals surface area (Å²) in [6, 6.07) is 13.1. The highest BCUT2D eigenvalue weighted by Gasteiger charge is 2.24. The predicted octanol–water partition coefficient (Wildman–Crippen LogP) is 2.74. The summed E-state index contributed by atoms with van der Waals surface area (Å²) in [5, 5.41) is 0. The lowest BCUT2D eigenvalue weighted by molar-refractivity contribution is -0.131. The van der Waals surface area contributed by atoms with Crippen LogP contribution in [0.2, 0.25) is 0 Å². The molecule has 0 spiro atoms. The summed E-state index contributed by atoms with van der Waals surface area (Å²) in [6.07, 6.45) is 0.326. The summed E-state index contributed by atoms with van der Waals surface area (Å²) >= 11 is 0. The lowest BCUT2D eigenvalue weighted by Crippen LogP contribution is -2.49. The molecule has 1 fully saturated rings. The van der Waals surface area contributed by atoms with Crippen molar-refractivity contribution in [3.05, 3.63) is 59.2 Å². The number of benzene rings is 2. The number of rotatable bonds is 7. The van der Waals surface area contributed by atoms with E-state index in [9.17, 15) is 14.4 Å². The Morgan fingerprint density at radius 1 is 1.06 bits per heavy atom. The molecule has 2 aliphatic rings. The second kappa shape index (κ2) is 10.0. The Bertz CT molecular complexity index is 1040. The molecular weight excluding hydrogens is 422 g/mol. The third kappa shape index (κ3) is 5.70. The molecule has 2 aromatic carbocycles. The number of ketones is 1. The number of esters is 1. The zero-order valence-corrected chi connectivity index (χ0v) is 19.1. The van der Waals surface area contributed by atoms with Crippen LogP contribution in [0.3, 0.4) is 0 Å². The van der Waals surface area contributed by atoms with Gasteiger partial charge in [0.2, 0.25) is 0 Å². The lowest BCUT2D eigenvalue weighted by atomic mass is 10.0. The van der Waals surface area contributed by atoms with Gasteiger partial charge in [-0.1, -0.05) is 24.3 Å². The third-order valence-corrected chi connectivity index (χ3v) is 6.02. The van der Waals surface area contributed by atoms with Crippen molar-refractivity contribution < 1.29 is 23.9 Å². The van der Waals surface area contributed by atoms with Crippen molar-refractivity contribution in [2.45, 2.75) is 19.4 Å². The van der Waals surface area contributed by atoms with Gasteiger partial charge in [-0.3, -0.25) is 14.5 Å². The van der Waals surface area contributed by atoms with Crippen LogP contribution >= 0.6 is 0 Å². The molecule has 1 saturated heterocycles. The van der Waals surface area contributed by atoms with Gasteiger partial charge in [-0.05, 0) is 23.8 Å². The largest absolute Gasteiger partial charge is 0.445 e. The number of ether oxygens (including phenoxy) is 2. The van der Waals surface area contributed by atoms with E-state index in [2.05, 4.69) is 4.90 Å². The number of piperazine rings is 1. The number of hydrogen-bond acceptors (Lipinski definition) is 7. The van der Waals surface area contributed by atoms with Gasteiger partial charge in [-0.15, -0.1) is 0 Å². The fraction of sp³-hybridized carbons (Fsp3) is 0.400. The molecule has 2 aromatic rings. The van der Waals surface area contributed by atoms with Crippen molar-refractivity contribution in [2.75, 3.05) is 51.7 Å². The van der Waals surface area contributed by atoms with Gasteiger partial charge in [0.05, 0.1) is 6.42 Å². The van der Waals surface area contributed by atoms with Crippen LogP contribution in [0.15, 0.2) is 42.5 Å². The maximum atomic E-state index is 12.6. The molecule has 1 amide bonds. The monoisotopic (exact) mass is 451 g/mol. The number of fused-ring (bicyclic) bond motifs is 1. The number of carbonyl (C=O) groups excluding carboxylic acids is 3. The first kappa shape index (κ1) is 22.8. The molecule has 2 heterocycles. The Morgan fingerprint density at radius 3 is 2.61 bits per heavy atom. The molecule has 174 valence electrons. The molecule has 0 saturated carbocycles. The van der Waals surface area contributed by atoms with Crippen LogP contribution in [0.1, 0.15) is 27.9 Å². The topological polar surface area (TPSA) is 79.4 Å². The summed E-state index contributed by atoms with van der Waals surface area (Å²) in [5.74, 6) is 0.224. The molecule has 0 bridgehead atoms. The predicted molar refractivity (Wildman–Crippen MR) is 124 cm³/mol. The third-order valence-electron chi connectivity index (χ3n) is 6.02. The first-order chi connectivity index (χ1) is 15.9. The number of carbonyl (C=O) groups is 3. The van der Waals surface area contributed by atoms with Crippen LogP contribution in [0.4, 0.5) is 10.5 Å². The molecule has 33 heavy (non-hydrogen) atoms. The summed E-state index contributed by atoms with van der Waals surface area (Å²) in [7, 11) is 3.95. The van der Waals surface area contributed by atoms with Gasteiger partial charge >= 0.3 is 12.1 Å². The van der Waals surface area contributed by atoms with Crippen LogP contribution in [-0.2, 0) is 22.6 Å². The second-order valence-corrected chi connectivity index (χ2v) is 8.59. The summed E-state index contributed by atoms with van der Waals surface area (Å²) in [4.78, 5) is 42.3. The minimum absolute atomic E-state index is 0.0162. The quantitative estimate of drug-likeness (QED) is 0.364. The van der Waals surface area contributed by atoms with Gasteiger partial charge in [0, 0.05) is 70.1 Å². The molecule has 8 heteroatoms. The smallest absolute Gasteiger partial charge is 0.410 e. The number of nitrogens with zero attached hydrogens (tertiary/aromatic N) is 3. The Kier molecular flexibility index (Phi) is 6.93. The lowest BCUT2D eigenvalue weighted by Gasteiger charge is -2.33. The Hall–Kier alpha value is -3.39. The van der Waals surface area contributed by atoms with Crippen molar-refractivity contribution in [3.8, 4) is 5.75 Å². The minimum atomic E-state index is -0.311. The zero-order valence-electron chi connectivity index (χ0n) is 19.1. The van der Waals surface area contributed by atoms with Gasteiger partial charge in [0.1, 0.15) is 12.4 Å². The standard InChI is InChI=1S/C25H29N3O5/c1-26(2)21-5-3-4-18(14-21)17-32-25(31)28-12-10-27(11-13-28)9-8-22(29)19-6-7-20-16-24(30)33-23(20)15-19/h3-7,14-15H,8-13,16-17H2,1-2H3. The molecule has 0 N–H and O–H groups in total. The van der Waals surface area contributed by atoms with Crippen molar-refractivity contribution in [3.63, 3.8) is 0 Å². The van der Waals surface area contributed by atoms with Crippen molar-refractivity contribution in [1.29, 1.82) is 0 Å². The fourth-order valence-corrected chi connectivity index (χ4v) is 4.00. The highest BCUT2D eigenvalue weighted by Crippen LogP contribution is 2.27. The number of anilines is 1. The Balaban J connectivity index is 1.19. The first-order valence-electron chi connectivity index (χ1n) is 11.2. The average molecular weight is 452 g/mol. The van der Waals surface area contributed by atoms with Crippen molar-refractivity contribution in [2.24, 2.45) is 0 Å². The fourth-order valence-electron chi connectivity index (χ4n) is 4.00. The molecule has 4 rings (SSSR count). The van der Waals surface area contributed by atoms with E-state index in [4.69, 9.17) is 9.47 Å². The molecule has 0 aromatic heterocycles. The normalized spacial score (nSPS) is 15.7. The van der Waals surface area contributed by atoms with E-state index in [0.717, 1.165) is 16.8 Å².